The Morgan fingerprint density at radius 3 is 2.48 bits per heavy atom. The number of nitro groups is 1. The molecule has 1 aliphatic heterocycles. The van der Waals surface area contributed by atoms with E-state index in [1.807, 2.05) is 30.3 Å². The van der Waals surface area contributed by atoms with Gasteiger partial charge in [0.25, 0.3) is 11.6 Å². The first-order chi connectivity index (χ1) is 13.0. The topological polar surface area (TPSA) is 66.7 Å². The van der Waals surface area contributed by atoms with Crippen molar-refractivity contribution in [2.45, 2.75) is 0 Å². The molecule has 0 unspecified atom stereocenters. The number of carbonyl (C=O) groups excluding carboxylic acids is 1. The lowest BCUT2D eigenvalue weighted by molar-refractivity contribution is -0.385. The van der Waals surface area contributed by atoms with Crippen LogP contribution in [0.3, 0.4) is 0 Å². The third-order valence-electron chi connectivity index (χ3n) is 4.52. The minimum atomic E-state index is -0.566. The summed E-state index contributed by atoms with van der Waals surface area (Å²) in [6, 6.07) is 14.2. The minimum Gasteiger partial charge on any atom is -0.336 e. The van der Waals surface area contributed by atoms with Gasteiger partial charge >= 0.3 is 0 Å². The summed E-state index contributed by atoms with van der Waals surface area (Å²) >= 11 is 5.82. The van der Waals surface area contributed by atoms with Gasteiger partial charge in [0.15, 0.2) is 0 Å². The number of rotatable bonds is 5. The summed E-state index contributed by atoms with van der Waals surface area (Å²) in [5.41, 5.74) is 0.990. The van der Waals surface area contributed by atoms with Crippen molar-refractivity contribution < 1.29 is 9.72 Å². The zero-order chi connectivity index (χ0) is 19.2. The molecule has 0 atom stereocenters. The van der Waals surface area contributed by atoms with Gasteiger partial charge < -0.3 is 4.90 Å². The Balaban J connectivity index is 1.57. The highest BCUT2D eigenvalue weighted by Crippen LogP contribution is 2.25. The zero-order valence-corrected chi connectivity index (χ0v) is 15.5. The first kappa shape index (κ1) is 19.1. The van der Waals surface area contributed by atoms with Gasteiger partial charge in [-0.15, -0.1) is 0 Å². The van der Waals surface area contributed by atoms with Gasteiger partial charge in [-0.3, -0.25) is 19.8 Å². The smallest absolute Gasteiger partial charge is 0.283 e. The third-order valence-corrected chi connectivity index (χ3v) is 4.75. The Morgan fingerprint density at radius 2 is 1.81 bits per heavy atom. The number of piperazine rings is 1. The van der Waals surface area contributed by atoms with Crippen molar-refractivity contribution in [2.75, 3.05) is 32.7 Å². The summed E-state index contributed by atoms with van der Waals surface area (Å²) in [6.45, 7) is 3.34. The van der Waals surface area contributed by atoms with E-state index in [1.54, 1.807) is 4.90 Å². The molecule has 2 aromatic carbocycles. The van der Waals surface area contributed by atoms with E-state index in [4.69, 9.17) is 11.6 Å². The second-order valence-electron chi connectivity index (χ2n) is 6.32. The van der Waals surface area contributed by atoms with Crippen LogP contribution in [-0.2, 0) is 0 Å². The van der Waals surface area contributed by atoms with Gasteiger partial charge in [0, 0.05) is 43.8 Å². The summed E-state index contributed by atoms with van der Waals surface area (Å²) in [7, 11) is 0. The molecule has 2 aromatic rings. The second-order valence-corrected chi connectivity index (χ2v) is 6.76. The number of carbonyl (C=O) groups is 1. The van der Waals surface area contributed by atoms with E-state index in [0.29, 0.717) is 13.1 Å². The van der Waals surface area contributed by atoms with Crippen molar-refractivity contribution in [3.63, 3.8) is 0 Å². The Kier molecular flexibility index (Phi) is 6.21. The van der Waals surface area contributed by atoms with Gasteiger partial charge in [-0.1, -0.05) is 54.1 Å². The quantitative estimate of drug-likeness (QED) is 0.581. The molecule has 0 saturated carbocycles. The van der Waals surface area contributed by atoms with Crippen molar-refractivity contribution in [2.24, 2.45) is 0 Å². The summed E-state index contributed by atoms with van der Waals surface area (Å²) < 4.78 is 0. The van der Waals surface area contributed by atoms with E-state index in [2.05, 4.69) is 17.1 Å². The zero-order valence-electron chi connectivity index (χ0n) is 14.8. The molecule has 0 N–H and O–H groups in total. The average molecular weight is 386 g/mol. The largest absolute Gasteiger partial charge is 0.336 e. The lowest BCUT2D eigenvalue weighted by atomic mass is 10.1. The van der Waals surface area contributed by atoms with Gasteiger partial charge in [0.1, 0.15) is 5.56 Å². The van der Waals surface area contributed by atoms with Crippen LogP contribution < -0.4 is 0 Å². The predicted molar refractivity (Wildman–Crippen MR) is 106 cm³/mol. The number of hydrogen-bond donors (Lipinski definition) is 0. The van der Waals surface area contributed by atoms with E-state index in [-0.39, 0.29) is 22.2 Å². The fraction of sp³-hybridized carbons (Fsp3) is 0.250. The maximum absolute atomic E-state index is 12.7. The summed E-state index contributed by atoms with van der Waals surface area (Å²) in [6.07, 6.45) is 4.19. The molecule has 0 bridgehead atoms. The molecule has 0 radical (unpaired) electrons. The number of nitrogens with zero attached hydrogens (tertiary/aromatic N) is 3. The number of halogens is 1. The van der Waals surface area contributed by atoms with Crippen LogP contribution in [0.15, 0.2) is 54.6 Å². The van der Waals surface area contributed by atoms with Crippen molar-refractivity contribution in [3.8, 4) is 0 Å². The van der Waals surface area contributed by atoms with E-state index >= 15 is 0 Å². The molecule has 1 aliphatic rings. The standard InChI is InChI=1S/C20H20ClN3O3/c21-17-8-9-18(19(15-17)24(26)27)20(25)23-13-11-22(12-14-23)10-4-7-16-5-2-1-3-6-16/h1-9,15H,10-14H2/b7-4+. The van der Waals surface area contributed by atoms with Gasteiger partial charge in [-0.2, -0.15) is 0 Å². The van der Waals surface area contributed by atoms with Crippen LogP contribution in [0, 0.1) is 10.1 Å². The van der Waals surface area contributed by atoms with Crippen LogP contribution in [0.25, 0.3) is 6.08 Å². The second kappa shape index (κ2) is 8.79. The lowest BCUT2D eigenvalue weighted by Crippen LogP contribution is -2.48. The Morgan fingerprint density at radius 1 is 1.11 bits per heavy atom. The molecule has 1 amide bonds. The molecule has 1 fully saturated rings. The molecule has 0 aromatic heterocycles. The highest BCUT2D eigenvalue weighted by molar-refractivity contribution is 6.31. The summed E-state index contributed by atoms with van der Waals surface area (Å²) in [5.74, 6) is -0.321. The molecule has 27 heavy (non-hydrogen) atoms. The minimum absolute atomic E-state index is 0.0850. The molecule has 3 rings (SSSR count). The van der Waals surface area contributed by atoms with Gasteiger partial charge in [0.2, 0.25) is 0 Å². The van der Waals surface area contributed by atoms with Crippen LogP contribution in [0.2, 0.25) is 5.02 Å². The predicted octanol–water partition coefficient (Wildman–Crippen LogP) is 3.72. The maximum atomic E-state index is 12.7. The van der Waals surface area contributed by atoms with Crippen LogP contribution in [0.4, 0.5) is 5.69 Å². The molecular weight excluding hydrogens is 366 g/mol. The SMILES string of the molecule is O=C(c1ccc(Cl)cc1[N+](=O)[O-])N1CCN(C/C=C/c2ccccc2)CC1. The molecule has 1 heterocycles. The highest BCUT2D eigenvalue weighted by Gasteiger charge is 2.27. The molecule has 1 saturated heterocycles. The van der Waals surface area contributed by atoms with Crippen LogP contribution >= 0.6 is 11.6 Å². The van der Waals surface area contributed by atoms with Gasteiger partial charge in [-0.05, 0) is 17.7 Å². The molecule has 0 aliphatic carbocycles. The Labute approximate surface area is 162 Å². The molecular formula is C20H20ClN3O3. The molecule has 0 spiro atoms. The van der Waals surface area contributed by atoms with Crippen LogP contribution in [0.5, 0.6) is 0 Å². The van der Waals surface area contributed by atoms with Crippen molar-refractivity contribution in [1.82, 2.24) is 9.80 Å². The number of benzene rings is 2. The van der Waals surface area contributed by atoms with Crippen molar-refractivity contribution in [3.05, 3.63) is 80.9 Å². The first-order valence-corrected chi connectivity index (χ1v) is 9.09. The third kappa shape index (κ3) is 4.93. The first-order valence-electron chi connectivity index (χ1n) is 8.72. The maximum Gasteiger partial charge on any atom is 0.283 e. The van der Waals surface area contributed by atoms with Crippen LogP contribution in [0.1, 0.15) is 15.9 Å². The van der Waals surface area contributed by atoms with Crippen molar-refractivity contribution in [1.29, 1.82) is 0 Å². The summed E-state index contributed by atoms with van der Waals surface area (Å²) in [4.78, 5) is 27.2. The fourth-order valence-electron chi connectivity index (χ4n) is 3.04. The van der Waals surface area contributed by atoms with Crippen molar-refractivity contribution >= 4 is 29.3 Å². The summed E-state index contributed by atoms with van der Waals surface area (Å²) in [5, 5.41) is 11.5. The van der Waals surface area contributed by atoms with E-state index in [0.717, 1.165) is 25.2 Å². The molecule has 7 heteroatoms. The van der Waals surface area contributed by atoms with Crippen LogP contribution in [-0.4, -0.2) is 53.4 Å². The molecule has 140 valence electrons. The van der Waals surface area contributed by atoms with Gasteiger partial charge in [-0.25, -0.2) is 0 Å². The Hall–Kier alpha value is -2.70. The van der Waals surface area contributed by atoms with E-state index < -0.39 is 4.92 Å². The van der Waals surface area contributed by atoms with Gasteiger partial charge in [0.05, 0.1) is 4.92 Å². The normalized spacial score (nSPS) is 15.2. The highest BCUT2D eigenvalue weighted by atomic mass is 35.5. The lowest BCUT2D eigenvalue weighted by Gasteiger charge is -2.34. The number of amides is 1. The Bertz CT molecular complexity index is 847. The monoisotopic (exact) mass is 385 g/mol. The van der Waals surface area contributed by atoms with E-state index in [9.17, 15) is 14.9 Å². The van der Waals surface area contributed by atoms with E-state index in [1.165, 1.54) is 18.2 Å². The fourth-order valence-corrected chi connectivity index (χ4v) is 3.21. The number of nitro benzene ring substituents is 1. The number of hydrogen-bond acceptors (Lipinski definition) is 4. The average Bonchev–Trinajstić information content (AvgIpc) is 2.69. The molecule has 6 nitrogen and oxygen atoms in total.